The van der Waals surface area contributed by atoms with Gasteiger partial charge in [-0.3, -0.25) is 9.59 Å². The highest BCUT2D eigenvalue weighted by Gasteiger charge is 2.26. The van der Waals surface area contributed by atoms with Crippen molar-refractivity contribution in [3.05, 3.63) is 52.0 Å². The number of hydrogen-bond donors (Lipinski definition) is 0. The van der Waals surface area contributed by atoms with E-state index in [-0.39, 0.29) is 17.8 Å². The maximum Gasteiger partial charge on any atom is 0.308 e. The molecule has 0 spiro atoms. The Morgan fingerprint density at radius 1 is 1.32 bits per heavy atom. The number of esters is 1. The van der Waals surface area contributed by atoms with Crippen molar-refractivity contribution < 1.29 is 19.1 Å². The van der Waals surface area contributed by atoms with Crippen LogP contribution in [0, 0.1) is 12.8 Å². The van der Waals surface area contributed by atoms with Gasteiger partial charge in [0.05, 0.1) is 23.7 Å². The molecule has 1 fully saturated rings. The van der Waals surface area contributed by atoms with E-state index in [0.29, 0.717) is 32.5 Å². The molecule has 3 rings (SSSR count). The number of methoxy groups -OCH3 is 1. The van der Waals surface area contributed by atoms with Crippen molar-refractivity contribution in [3.63, 3.8) is 0 Å². The van der Waals surface area contributed by atoms with Crippen molar-refractivity contribution in [3.8, 4) is 5.75 Å². The van der Waals surface area contributed by atoms with Crippen LogP contribution in [0.25, 0.3) is 6.08 Å². The molecule has 2 aromatic rings. The molecule has 1 aromatic carbocycles. The molecule has 0 atom stereocenters. The minimum Gasteiger partial charge on any atom is -0.487 e. The van der Waals surface area contributed by atoms with E-state index in [4.69, 9.17) is 9.47 Å². The Kier molecular flexibility index (Phi) is 6.81. The third-order valence-electron chi connectivity index (χ3n) is 4.67. The number of aromatic nitrogens is 1. The van der Waals surface area contributed by atoms with E-state index in [1.54, 1.807) is 28.4 Å². The summed E-state index contributed by atoms with van der Waals surface area (Å²) in [5.41, 5.74) is 1.80. The molecule has 1 aromatic heterocycles. The van der Waals surface area contributed by atoms with Gasteiger partial charge in [-0.15, -0.1) is 11.3 Å². The third kappa shape index (κ3) is 5.42. The van der Waals surface area contributed by atoms with Gasteiger partial charge in [0.15, 0.2) is 0 Å². The number of carbonyl (C=O) groups is 2. The molecule has 0 radical (unpaired) electrons. The first-order chi connectivity index (χ1) is 13.5. The first-order valence-electron chi connectivity index (χ1n) is 9.24. The molecule has 0 saturated carbocycles. The number of carbonyl (C=O) groups excluding carboxylic acids is 2. The summed E-state index contributed by atoms with van der Waals surface area (Å²) in [5.74, 6) is 0.396. The molecule has 1 aliphatic heterocycles. The summed E-state index contributed by atoms with van der Waals surface area (Å²) < 4.78 is 10.6. The van der Waals surface area contributed by atoms with Gasteiger partial charge in [0, 0.05) is 24.5 Å². The molecule has 0 unspecified atom stereocenters. The summed E-state index contributed by atoms with van der Waals surface area (Å²) in [7, 11) is 1.40. The number of nitrogens with zero attached hydrogens (tertiary/aromatic N) is 2. The molecule has 0 N–H and O–H groups in total. The monoisotopic (exact) mass is 400 g/mol. The Hall–Kier alpha value is -2.67. The maximum absolute atomic E-state index is 12.4. The lowest BCUT2D eigenvalue weighted by molar-refractivity contribution is -0.148. The van der Waals surface area contributed by atoms with E-state index < -0.39 is 0 Å². The van der Waals surface area contributed by atoms with E-state index >= 15 is 0 Å². The second kappa shape index (κ2) is 9.50. The molecule has 28 heavy (non-hydrogen) atoms. The van der Waals surface area contributed by atoms with Crippen LogP contribution in [-0.2, 0) is 20.9 Å². The lowest BCUT2D eigenvalue weighted by atomic mass is 9.97. The van der Waals surface area contributed by atoms with Gasteiger partial charge in [0.1, 0.15) is 12.4 Å². The van der Waals surface area contributed by atoms with Crippen molar-refractivity contribution in [2.75, 3.05) is 20.2 Å². The molecule has 148 valence electrons. The second-order valence-electron chi connectivity index (χ2n) is 6.68. The number of thiazole rings is 1. The Balaban J connectivity index is 1.52. The minimum absolute atomic E-state index is 0.0485. The lowest BCUT2D eigenvalue weighted by Crippen LogP contribution is -2.39. The number of hydrogen-bond acceptors (Lipinski definition) is 6. The quantitative estimate of drug-likeness (QED) is 0.549. The van der Waals surface area contributed by atoms with Crippen LogP contribution in [0.3, 0.4) is 0 Å². The number of benzene rings is 1. The van der Waals surface area contributed by atoms with Crippen LogP contribution in [0.2, 0.25) is 0 Å². The zero-order valence-electron chi connectivity index (χ0n) is 16.1. The highest BCUT2D eigenvalue weighted by atomic mass is 32.1. The van der Waals surface area contributed by atoms with E-state index in [2.05, 4.69) is 4.98 Å². The van der Waals surface area contributed by atoms with Gasteiger partial charge in [-0.1, -0.05) is 12.1 Å². The van der Waals surface area contributed by atoms with Gasteiger partial charge in [-0.05, 0) is 43.5 Å². The average Bonchev–Trinajstić information content (AvgIpc) is 3.15. The van der Waals surface area contributed by atoms with E-state index in [0.717, 1.165) is 22.0 Å². The third-order valence-corrected chi connectivity index (χ3v) is 5.49. The summed E-state index contributed by atoms with van der Waals surface area (Å²) >= 11 is 1.60. The Labute approximate surface area is 168 Å². The number of likely N-dealkylation sites (tertiary alicyclic amines) is 1. The maximum atomic E-state index is 12.4. The van der Waals surface area contributed by atoms with Gasteiger partial charge in [0.25, 0.3) is 0 Å². The normalized spacial score (nSPS) is 15.0. The number of amides is 1. The zero-order valence-corrected chi connectivity index (χ0v) is 16.9. The van der Waals surface area contributed by atoms with Gasteiger partial charge in [-0.2, -0.15) is 0 Å². The molecule has 1 saturated heterocycles. The largest absolute Gasteiger partial charge is 0.487 e. The Morgan fingerprint density at radius 2 is 2.11 bits per heavy atom. The van der Waals surface area contributed by atoms with Crippen molar-refractivity contribution in [2.24, 2.45) is 5.92 Å². The molecule has 7 heteroatoms. The summed E-state index contributed by atoms with van der Waals surface area (Å²) in [6, 6.07) is 7.60. The summed E-state index contributed by atoms with van der Waals surface area (Å²) in [6.07, 6.45) is 4.65. The fraction of sp³-hybridized carbons (Fsp3) is 0.381. The smallest absolute Gasteiger partial charge is 0.308 e. The second-order valence-corrected chi connectivity index (χ2v) is 7.74. The first kappa shape index (κ1) is 20.1. The van der Waals surface area contributed by atoms with Crippen LogP contribution in [0.1, 0.15) is 29.1 Å². The number of aryl methyl sites for hydroxylation is 1. The summed E-state index contributed by atoms with van der Waals surface area (Å²) in [6.45, 7) is 3.53. The predicted octanol–water partition coefficient (Wildman–Crippen LogP) is 3.46. The minimum atomic E-state index is -0.188. The van der Waals surface area contributed by atoms with Gasteiger partial charge < -0.3 is 14.4 Å². The topological polar surface area (TPSA) is 68.7 Å². The van der Waals surface area contributed by atoms with Crippen molar-refractivity contribution in [1.29, 1.82) is 0 Å². The predicted molar refractivity (Wildman–Crippen MR) is 108 cm³/mol. The molecule has 0 aliphatic carbocycles. The Morgan fingerprint density at radius 3 is 2.79 bits per heavy atom. The molecular weight excluding hydrogens is 376 g/mol. The number of rotatable bonds is 6. The number of ether oxygens (including phenoxy) is 2. The van der Waals surface area contributed by atoms with Gasteiger partial charge >= 0.3 is 5.97 Å². The summed E-state index contributed by atoms with van der Waals surface area (Å²) in [4.78, 5) is 30.1. The molecule has 6 nitrogen and oxygen atoms in total. The number of piperidine rings is 1. The van der Waals surface area contributed by atoms with E-state index in [1.165, 1.54) is 7.11 Å². The standard InChI is InChI=1S/C21H24N2O4S/c1-15-22-18(14-28-15)13-27-19-5-3-4-16(12-19)6-7-20(24)23-10-8-17(9-11-23)21(25)26-2/h3-7,12,14,17H,8-11,13H2,1-2H3/b7-6+. The SMILES string of the molecule is COC(=O)C1CCN(C(=O)/C=C/c2cccc(OCc3csc(C)n3)c2)CC1. The molecule has 0 bridgehead atoms. The summed E-state index contributed by atoms with van der Waals surface area (Å²) in [5, 5.41) is 3.01. The average molecular weight is 401 g/mol. The van der Waals surface area contributed by atoms with E-state index in [9.17, 15) is 9.59 Å². The first-order valence-corrected chi connectivity index (χ1v) is 10.1. The molecular formula is C21H24N2O4S. The molecule has 1 amide bonds. The van der Waals surface area contributed by atoms with Gasteiger partial charge in [-0.25, -0.2) is 4.98 Å². The highest BCUT2D eigenvalue weighted by molar-refractivity contribution is 7.09. The van der Waals surface area contributed by atoms with Crippen LogP contribution in [-0.4, -0.2) is 42.0 Å². The fourth-order valence-corrected chi connectivity index (χ4v) is 3.71. The highest BCUT2D eigenvalue weighted by Crippen LogP contribution is 2.20. The zero-order chi connectivity index (χ0) is 19.9. The van der Waals surface area contributed by atoms with Crippen LogP contribution >= 0.6 is 11.3 Å². The molecule has 1 aliphatic rings. The van der Waals surface area contributed by atoms with Crippen LogP contribution in [0.15, 0.2) is 35.7 Å². The van der Waals surface area contributed by atoms with Crippen LogP contribution in [0.4, 0.5) is 0 Å². The Bertz CT molecular complexity index is 854. The van der Waals surface area contributed by atoms with Crippen LogP contribution < -0.4 is 4.74 Å². The van der Waals surface area contributed by atoms with Crippen molar-refractivity contribution in [2.45, 2.75) is 26.4 Å². The van der Waals surface area contributed by atoms with Crippen LogP contribution in [0.5, 0.6) is 5.75 Å². The molecule has 2 heterocycles. The van der Waals surface area contributed by atoms with Crippen molar-refractivity contribution in [1.82, 2.24) is 9.88 Å². The van der Waals surface area contributed by atoms with E-state index in [1.807, 2.05) is 36.6 Å². The van der Waals surface area contributed by atoms with Gasteiger partial charge in [0.2, 0.25) is 5.91 Å². The fourth-order valence-electron chi connectivity index (χ4n) is 3.11. The lowest BCUT2D eigenvalue weighted by Gasteiger charge is -2.29. The van der Waals surface area contributed by atoms with Crippen molar-refractivity contribution >= 4 is 29.3 Å².